The summed E-state index contributed by atoms with van der Waals surface area (Å²) >= 11 is 0. The molecule has 0 bridgehead atoms. The number of carbonyl (C=O) groups is 4. The van der Waals surface area contributed by atoms with Gasteiger partial charge in [-0.3, -0.25) is 24.1 Å². The first-order chi connectivity index (χ1) is 22.3. The van der Waals surface area contributed by atoms with Crippen LogP contribution in [-0.2, 0) is 32.1 Å². The van der Waals surface area contributed by atoms with Crippen molar-refractivity contribution in [3.63, 3.8) is 0 Å². The van der Waals surface area contributed by atoms with Crippen molar-refractivity contribution in [2.24, 2.45) is 0 Å². The van der Waals surface area contributed by atoms with Crippen molar-refractivity contribution >= 4 is 29.3 Å². The second-order valence-corrected chi connectivity index (χ2v) is 12.3. The summed E-state index contributed by atoms with van der Waals surface area (Å²) in [7, 11) is 0. The average molecular weight is 628 g/mol. The normalized spacial score (nSPS) is 21.0. The Labute approximate surface area is 268 Å². The van der Waals surface area contributed by atoms with Crippen molar-refractivity contribution in [2.45, 2.75) is 71.0 Å². The van der Waals surface area contributed by atoms with E-state index in [1.807, 2.05) is 62.4 Å². The maximum Gasteiger partial charge on any atom is 0.265 e. The first-order valence-electron chi connectivity index (χ1n) is 16.1. The number of aryl methyl sites for hydroxylation is 2. The molecule has 3 aromatic rings. The van der Waals surface area contributed by atoms with Gasteiger partial charge < -0.3 is 19.9 Å². The van der Waals surface area contributed by atoms with Crippen molar-refractivity contribution in [2.75, 3.05) is 37.7 Å². The third-order valence-electron chi connectivity index (χ3n) is 8.95. The predicted octanol–water partition coefficient (Wildman–Crippen LogP) is 2.72. The lowest BCUT2D eigenvalue weighted by molar-refractivity contribution is -0.143. The van der Waals surface area contributed by atoms with Crippen LogP contribution in [0.1, 0.15) is 60.9 Å². The van der Waals surface area contributed by atoms with Crippen LogP contribution in [0.3, 0.4) is 0 Å². The van der Waals surface area contributed by atoms with Crippen LogP contribution in [0.15, 0.2) is 48.5 Å². The number of ether oxygens (including phenoxy) is 1. The van der Waals surface area contributed by atoms with Gasteiger partial charge in [0.15, 0.2) is 6.61 Å². The van der Waals surface area contributed by atoms with E-state index < -0.39 is 12.1 Å². The minimum Gasteiger partial charge on any atom is -0.482 e. The topological polar surface area (TPSA) is 130 Å². The van der Waals surface area contributed by atoms with Crippen LogP contribution in [0.4, 0.5) is 5.69 Å². The fourth-order valence-corrected chi connectivity index (χ4v) is 6.58. The molecular formula is C34H41N7O5. The van der Waals surface area contributed by atoms with E-state index in [2.05, 4.69) is 10.4 Å². The van der Waals surface area contributed by atoms with Gasteiger partial charge in [0.05, 0.1) is 18.3 Å². The Kier molecular flexibility index (Phi) is 9.32. The summed E-state index contributed by atoms with van der Waals surface area (Å²) in [6.07, 6.45) is 3.45. The van der Waals surface area contributed by atoms with E-state index in [0.717, 1.165) is 24.0 Å². The number of nitrogens with one attached hydrogen (secondary N) is 1. The third kappa shape index (κ3) is 6.90. The summed E-state index contributed by atoms with van der Waals surface area (Å²) in [4.78, 5) is 63.8. The van der Waals surface area contributed by atoms with E-state index in [9.17, 15) is 19.2 Å². The largest absolute Gasteiger partial charge is 0.482 e. The summed E-state index contributed by atoms with van der Waals surface area (Å²) in [5.74, 6) is 0.941. The van der Waals surface area contributed by atoms with Gasteiger partial charge in [-0.15, -0.1) is 0 Å². The highest BCUT2D eigenvalue weighted by molar-refractivity contribution is 6.02. The number of anilines is 1. The van der Waals surface area contributed by atoms with Crippen molar-refractivity contribution in [1.29, 1.82) is 0 Å². The molecule has 6 rings (SSSR count). The van der Waals surface area contributed by atoms with Crippen molar-refractivity contribution in [1.82, 2.24) is 29.9 Å². The number of nitrogens with zero attached hydrogens (tertiary/aromatic N) is 6. The highest BCUT2D eigenvalue weighted by Gasteiger charge is 2.35. The zero-order valence-electron chi connectivity index (χ0n) is 26.5. The molecule has 242 valence electrons. The monoisotopic (exact) mass is 627 g/mol. The molecule has 1 saturated heterocycles. The number of carbonyl (C=O) groups excluding carboxylic acids is 4. The summed E-state index contributed by atoms with van der Waals surface area (Å²) in [5, 5.41) is 7.89. The Hall–Kier alpha value is -4.74. The summed E-state index contributed by atoms with van der Waals surface area (Å²) < 4.78 is 7.39. The highest BCUT2D eigenvalue weighted by atomic mass is 16.5. The third-order valence-corrected chi connectivity index (χ3v) is 8.95. The number of rotatable bonds is 4. The molecule has 12 nitrogen and oxygen atoms in total. The number of hydrogen-bond donors (Lipinski definition) is 1. The maximum absolute atomic E-state index is 13.9. The van der Waals surface area contributed by atoms with Crippen LogP contribution in [-0.4, -0.2) is 87.0 Å². The minimum atomic E-state index is -0.562. The van der Waals surface area contributed by atoms with Crippen LogP contribution >= 0.6 is 0 Å². The van der Waals surface area contributed by atoms with Crippen molar-refractivity contribution < 1.29 is 23.9 Å². The Morgan fingerprint density at radius 3 is 2.61 bits per heavy atom. The lowest BCUT2D eigenvalue weighted by atomic mass is 9.99. The summed E-state index contributed by atoms with van der Waals surface area (Å²) in [5.41, 5.74) is 2.56. The molecule has 2 atom stereocenters. The molecule has 0 spiro atoms. The lowest BCUT2D eigenvalue weighted by Gasteiger charge is -2.36. The first-order valence-corrected chi connectivity index (χ1v) is 16.1. The smallest absolute Gasteiger partial charge is 0.265 e. The van der Waals surface area contributed by atoms with Gasteiger partial charge in [-0.1, -0.05) is 36.4 Å². The standard InChI is InChI=1S/C34H41N7O5/c1-23-13-14-29-28(19-23)40(32(44)22-46-29)21-31(43)38-15-8-12-30(42)39-16-7-6-11-27(39)34(45)36-26(20-25-9-4-3-5-10-25)33-35-24(2)37-41(33)18-17-38/h3-5,9-10,13-14,19,26-27H,6-8,11-12,15-18,20-22H2,1-2H3,(H,36,45)/t26-,27+/m1/s1. The van der Waals surface area contributed by atoms with Gasteiger partial charge >= 0.3 is 0 Å². The van der Waals surface area contributed by atoms with E-state index in [-0.39, 0.29) is 43.2 Å². The van der Waals surface area contributed by atoms with Crippen LogP contribution < -0.4 is 15.0 Å². The molecule has 12 heteroatoms. The van der Waals surface area contributed by atoms with Gasteiger partial charge in [-0.25, -0.2) is 9.67 Å². The van der Waals surface area contributed by atoms with Crippen molar-refractivity contribution in [3.05, 3.63) is 71.3 Å². The summed E-state index contributed by atoms with van der Waals surface area (Å²) in [6, 6.07) is 14.4. The molecule has 46 heavy (non-hydrogen) atoms. The van der Waals surface area contributed by atoms with Gasteiger partial charge in [0.2, 0.25) is 17.7 Å². The van der Waals surface area contributed by atoms with E-state index in [1.54, 1.807) is 14.5 Å². The second-order valence-electron chi connectivity index (χ2n) is 12.3. The molecular weight excluding hydrogens is 586 g/mol. The van der Waals surface area contributed by atoms with E-state index in [4.69, 9.17) is 9.72 Å². The molecule has 3 aliphatic heterocycles. The highest BCUT2D eigenvalue weighted by Crippen LogP contribution is 2.33. The molecule has 2 aromatic carbocycles. The maximum atomic E-state index is 13.9. The van der Waals surface area contributed by atoms with E-state index >= 15 is 0 Å². The zero-order valence-corrected chi connectivity index (χ0v) is 26.5. The molecule has 0 radical (unpaired) electrons. The molecule has 1 fully saturated rings. The van der Waals surface area contributed by atoms with Crippen molar-refractivity contribution in [3.8, 4) is 5.75 Å². The van der Waals surface area contributed by atoms with Gasteiger partial charge in [-0.05, 0) is 69.2 Å². The predicted molar refractivity (Wildman–Crippen MR) is 170 cm³/mol. The molecule has 0 saturated carbocycles. The number of fused-ring (bicyclic) bond motifs is 3. The lowest BCUT2D eigenvalue weighted by Crippen LogP contribution is -2.53. The summed E-state index contributed by atoms with van der Waals surface area (Å²) in [6.45, 7) is 4.93. The first kappa shape index (κ1) is 31.3. The minimum absolute atomic E-state index is 0.0873. The number of aromatic nitrogens is 3. The molecule has 4 amide bonds. The second kappa shape index (κ2) is 13.7. The molecule has 0 aliphatic carbocycles. The van der Waals surface area contributed by atoms with Gasteiger partial charge in [0.1, 0.15) is 30.0 Å². The Morgan fingerprint density at radius 2 is 1.78 bits per heavy atom. The van der Waals surface area contributed by atoms with Crippen LogP contribution in [0.25, 0.3) is 0 Å². The number of benzene rings is 2. The van der Waals surface area contributed by atoms with E-state index in [1.165, 1.54) is 4.90 Å². The fourth-order valence-electron chi connectivity index (χ4n) is 6.58. The van der Waals surface area contributed by atoms with E-state index in [0.29, 0.717) is 68.5 Å². The Morgan fingerprint density at radius 1 is 0.957 bits per heavy atom. The van der Waals surface area contributed by atoms with Gasteiger partial charge in [0.25, 0.3) is 5.91 Å². The zero-order chi connectivity index (χ0) is 32.2. The SMILES string of the molecule is Cc1ccc2c(c1)N(CC(=O)N1CCCC(=O)N3CCCC[C@H]3C(=O)N[C@H](Cc3ccccc3)c3nc(C)nn3CC1)C(=O)CO2. The molecule has 0 unspecified atom stereocenters. The molecule has 1 N–H and O–H groups in total. The number of amides is 4. The fraction of sp³-hybridized carbons (Fsp3) is 0.471. The van der Waals surface area contributed by atoms with Crippen LogP contribution in [0.5, 0.6) is 5.75 Å². The average Bonchev–Trinajstić information content (AvgIpc) is 3.43. The van der Waals surface area contributed by atoms with Gasteiger partial charge in [-0.2, -0.15) is 5.10 Å². The van der Waals surface area contributed by atoms with Crippen LogP contribution in [0.2, 0.25) is 0 Å². The number of piperidine rings is 1. The quantitative estimate of drug-likeness (QED) is 0.471. The number of hydrogen-bond acceptors (Lipinski definition) is 7. The Bertz CT molecular complexity index is 1610. The molecule has 4 heterocycles. The Balaban J connectivity index is 1.30. The molecule has 3 aliphatic rings. The van der Waals surface area contributed by atoms with Gasteiger partial charge in [0, 0.05) is 26.1 Å². The van der Waals surface area contributed by atoms with Crippen LogP contribution in [0, 0.1) is 13.8 Å². The molecule has 1 aromatic heterocycles.